The maximum Gasteiger partial charge on any atom is 0.166 e. The SMILES string of the molecule is CNCC(C)C(=O)c1ccc2nc(C)ccc2c1. The third-order valence-corrected chi connectivity index (χ3v) is 3.07. The number of nitrogens with zero attached hydrogens (tertiary/aromatic N) is 1. The van der Waals surface area contributed by atoms with Crippen molar-refractivity contribution in [3.05, 3.63) is 41.6 Å². The Kier molecular flexibility index (Phi) is 3.72. The van der Waals surface area contributed by atoms with Gasteiger partial charge in [-0.1, -0.05) is 13.0 Å². The van der Waals surface area contributed by atoms with E-state index in [1.54, 1.807) is 0 Å². The zero-order chi connectivity index (χ0) is 13.1. The van der Waals surface area contributed by atoms with Crippen molar-refractivity contribution < 1.29 is 4.79 Å². The summed E-state index contributed by atoms with van der Waals surface area (Å²) in [5, 5.41) is 4.05. The van der Waals surface area contributed by atoms with Gasteiger partial charge in [0.2, 0.25) is 0 Å². The normalized spacial score (nSPS) is 12.6. The third-order valence-electron chi connectivity index (χ3n) is 3.07. The van der Waals surface area contributed by atoms with E-state index >= 15 is 0 Å². The van der Waals surface area contributed by atoms with Crippen LogP contribution in [0.4, 0.5) is 0 Å². The number of nitrogens with one attached hydrogen (secondary N) is 1. The van der Waals surface area contributed by atoms with Crippen molar-refractivity contribution in [1.82, 2.24) is 10.3 Å². The number of pyridine rings is 1. The number of hydrogen-bond donors (Lipinski definition) is 1. The van der Waals surface area contributed by atoms with Crippen molar-refractivity contribution in [3.63, 3.8) is 0 Å². The van der Waals surface area contributed by atoms with Gasteiger partial charge in [-0.25, -0.2) is 0 Å². The Labute approximate surface area is 107 Å². The van der Waals surface area contributed by atoms with E-state index in [9.17, 15) is 4.79 Å². The maximum absolute atomic E-state index is 12.2. The molecule has 0 radical (unpaired) electrons. The minimum absolute atomic E-state index is 0.00847. The quantitative estimate of drug-likeness (QED) is 0.838. The van der Waals surface area contributed by atoms with Crippen molar-refractivity contribution >= 4 is 16.7 Å². The van der Waals surface area contributed by atoms with Crippen LogP contribution in [0.5, 0.6) is 0 Å². The van der Waals surface area contributed by atoms with E-state index in [2.05, 4.69) is 10.3 Å². The van der Waals surface area contributed by atoms with Crippen molar-refractivity contribution in [3.8, 4) is 0 Å². The molecule has 1 unspecified atom stereocenters. The molecule has 0 spiro atoms. The molecule has 3 nitrogen and oxygen atoms in total. The Morgan fingerprint density at radius 2 is 2.11 bits per heavy atom. The molecule has 2 aromatic rings. The smallest absolute Gasteiger partial charge is 0.166 e. The fourth-order valence-corrected chi connectivity index (χ4v) is 2.06. The molecule has 0 saturated carbocycles. The Hall–Kier alpha value is -1.74. The number of benzene rings is 1. The highest BCUT2D eigenvalue weighted by Gasteiger charge is 2.14. The van der Waals surface area contributed by atoms with Crippen LogP contribution < -0.4 is 5.32 Å². The molecule has 1 aromatic heterocycles. The minimum Gasteiger partial charge on any atom is -0.319 e. The lowest BCUT2D eigenvalue weighted by Crippen LogP contribution is -2.23. The molecule has 1 atom stereocenters. The first-order valence-corrected chi connectivity index (χ1v) is 6.18. The number of fused-ring (bicyclic) bond motifs is 1. The Bertz CT molecular complexity index is 578. The summed E-state index contributed by atoms with van der Waals surface area (Å²) in [6, 6.07) is 9.69. The van der Waals surface area contributed by atoms with Gasteiger partial charge in [0.05, 0.1) is 5.52 Å². The molecule has 0 fully saturated rings. The number of aromatic nitrogens is 1. The van der Waals surface area contributed by atoms with Gasteiger partial charge in [0.25, 0.3) is 0 Å². The molecule has 1 heterocycles. The van der Waals surface area contributed by atoms with E-state index in [0.29, 0.717) is 6.54 Å². The number of hydrogen-bond acceptors (Lipinski definition) is 3. The highest BCUT2D eigenvalue weighted by Crippen LogP contribution is 2.17. The number of carbonyl (C=O) groups is 1. The summed E-state index contributed by atoms with van der Waals surface area (Å²) in [4.78, 5) is 16.6. The molecule has 94 valence electrons. The molecular weight excluding hydrogens is 224 g/mol. The first-order valence-electron chi connectivity index (χ1n) is 6.18. The summed E-state index contributed by atoms with van der Waals surface area (Å²) in [5.74, 6) is 0.165. The van der Waals surface area contributed by atoms with Crippen LogP contribution in [0.1, 0.15) is 23.0 Å². The lowest BCUT2D eigenvalue weighted by molar-refractivity contribution is 0.0930. The molecule has 18 heavy (non-hydrogen) atoms. The fourth-order valence-electron chi connectivity index (χ4n) is 2.06. The average molecular weight is 242 g/mol. The number of Topliss-reactive ketones (excluding diaryl/α,β-unsaturated/α-hetero) is 1. The van der Waals surface area contributed by atoms with Gasteiger partial charge < -0.3 is 5.32 Å². The van der Waals surface area contributed by atoms with E-state index in [1.807, 2.05) is 51.2 Å². The van der Waals surface area contributed by atoms with Gasteiger partial charge in [-0.3, -0.25) is 9.78 Å². The Morgan fingerprint density at radius 1 is 1.33 bits per heavy atom. The molecule has 2 rings (SSSR count). The molecule has 3 heteroatoms. The van der Waals surface area contributed by atoms with Gasteiger partial charge in [-0.2, -0.15) is 0 Å². The largest absolute Gasteiger partial charge is 0.319 e. The average Bonchev–Trinajstić information content (AvgIpc) is 2.37. The third kappa shape index (κ3) is 2.57. The van der Waals surface area contributed by atoms with Crippen LogP contribution in [0.2, 0.25) is 0 Å². The second kappa shape index (κ2) is 5.27. The lowest BCUT2D eigenvalue weighted by Gasteiger charge is -2.10. The number of ketones is 1. The lowest BCUT2D eigenvalue weighted by atomic mass is 9.98. The standard InChI is InChI=1S/C15H18N2O/c1-10(9-16-3)15(18)13-6-7-14-12(8-13)5-4-11(2)17-14/h4-8,10,16H,9H2,1-3H3. The minimum atomic E-state index is -0.00847. The van der Waals surface area contributed by atoms with Crippen LogP contribution in [0, 0.1) is 12.8 Å². The zero-order valence-electron chi connectivity index (χ0n) is 11.0. The predicted molar refractivity (Wildman–Crippen MR) is 73.9 cm³/mol. The van der Waals surface area contributed by atoms with Gasteiger partial charge in [-0.15, -0.1) is 0 Å². The van der Waals surface area contributed by atoms with Crippen LogP contribution in [-0.2, 0) is 0 Å². The fraction of sp³-hybridized carbons (Fsp3) is 0.333. The van der Waals surface area contributed by atoms with E-state index in [-0.39, 0.29) is 11.7 Å². The summed E-state index contributed by atoms with van der Waals surface area (Å²) in [6.45, 7) is 4.60. The second-order valence-corrected chi connectivity index (χ2v) is 4.68. The zero-order valence-corrected chi connectivity index (χ0v) is 11.0. The van der Waals surface area contributed by atoms with Crippen LogP contribution in [0.25, 0.3) is 10.9 Å². The number of carbonyl (C=O) groups excluding carboxylic acids is 1. The monoisotopic (exact) mass is 242 g/mol. The summed E-state index contributed by atoms with van der Waals surface area (Å²) >= 11 is 0. The summed E-state index contributed by atoms with van der Waals surface area (Å²) in [5.41, 5.74) is 2.69. The van der Waals surface area contributed by atoms with Crippen LogP contribution in [-0.4, -0.2) is 24.4 Å². The van der Waals surface area contributed by atoms with Gasteiger partial charge in [0.15, 0.2) is 5.78 Å². The Morgan fingerprint density at radius 3 is 2.83 bits per heavy atom. The summed E-state index contributed by atoms with van der Waals surface area (Å²) < 4.78 is 0. The molecule has 0 amide bonds. The van der Waals surface area contributed by atoms with Gasteiger partial charge in [0, 0.05) is 29.1 Å². The predicted octanol–water partition coefficient (Wildman–Crippen LogP) is 2.58. The van der Waals surface area contributed by atoms with E-state index < -0.39 is 0 Å². The molecule has 0 saturated heterocycles. The summed E-state index contributed by atoms with van der Waals surface area (Å²) in [6.07, 6.45) is 0. The number of aryl methyl sites for hydroxylation is 1. The second-order valence-electron chi connectivity index (χ2n) is 4.68. The molecule has 0 aliphatic rings. The van der Waals surface area contributed by atoms with Gasteiger partial charge >= 0.3 is 0 Å². The molecular formula is C15H18N2O. The highest BCUT2D eigenvalue weighted by atomic mass is 16.1. The first-order chi connectivity index (χ1) is 8.61. The van der Waals surface area contributed by atoms with Gasteiger partial charge in [0.1, 0.15) is 0 Å². The van der Waals surface area contributed by atoms with Crippen LogP contribution >= 0.6 is 0 Å². The van der Waals surface area contributed by atoms with Crippen molar-refractivity contribution in [1.29, 1.82) is 0 Å². The molecule has 0 bridgehead atoms. The van der Waals surface area contributed by atoms with Crippen LogP contribution in [0.15, 0.2) is 30.3 Å². The van der Waals surface area contributed by atoms with E-state index in [0.717, 1.165) is 22.2 Å². The first kappa shape index (κ1) is 12.7. The highest BCUT2D eigenvalue weighted by molar-refractivity contribution is 6.00. The topological polar surface area (TPSA) is 42.0 Å². The van der Waals surface area contributed by atoms with E-state index in [1.165, 1.54) is 0 Å². The van der Waals surface area contributed by atoms with E-state index in [4.69, 9.17) is 0 Å². The van der Waals surface area contributed by atoms with Crippen molar-refractivity contribution in [2.45, 2.75) is 13.8 Å². The molecule has 0 aliphatic carbocycles. The Balaban J connectivity index is 2.35. The number of rotatable bonds is 4. The summed E-state index contributed by atoms with van der Waals surface area (Å²) in [7, 11) is 1.86. The van der Waals surface area contributed by atoms with Crippen molar-refractivity contribution in [2.24, 2.45) is 5.92 Å². The maximum atomic E-state index is 12.2. The van der Waals surface area contributed by atoms with Gasteiger partial charge in [-0.05, 0) is 38.2 Å². The molecule has 0 aliphatic heterocycles. The van der Waals surface area contributed by atoms with Crippen molar-refractivity contribution in [2.75, 3.05) is 13.6 Å². The molecule has 1 N–H and O–H groups in total. The van der Waals surface area contributed by atoms with Crippen LogP contribution in [0.3, 0.4) is 0 Å². The molecule has 1 aromatic carbocycles.